The van der Waals surface area contributed by atoms with Crippen LogP contribution in [0, 0.1) is 5.92 Å². The van der Waals surface area contributed by atoms with Crippen LogP contribution in [0.15, 0.2) is 24.3 Å². The lowest BCUT2D eigenvalue weighted by Gasteiger charge is -2.31. The molecule has 132 valence electrons. The molecule has 0 saturated carbocycles. The van der Waals surface area contributed by atoms with Crippen molar-refractivity contribution < 1.29 is 14.3 Å². The Morgan fingerprint density at radius 3 is 2.33 bits per heavy atom. The summed E-state index contributed by atoms with van der Waals surface area (Å²) in [5.41, 5.74) is 2.53. The van der Waals surface area contributed by atoms with Gasteiger partial charge in [0, 0.05) is 19.5 Å². The highest BCUT2D eigenvalue weighted by molar-refractivity contribution is 5.77. The Labute approximate surface area is 145 Å². The minimum absolute atomic E-state index is 0.0439. The molecular formula is C20H29NO3. The minimum Gasteiger partial charge on any atom is -0.466 e. The van der Waals surface area contributed by atoms with Gasteiger partial charge < -0.3 is 9.64 Å². The van der Waals surface area contributed by atoms with Gasteiger partial charge >= 0.3 is 5.97 Å². The lowest BCUT2D eigenvalue weighted by molar-refractivity contribution is -0.151. The van der Waals surface area contributed by atoms with E-state index in [1.54, 1.807) is 0 Å². The molecular weight excluding hydrogens is 302 g/mol. The molecule has 0 atom stereocenters. The number of likely N-dealkylation sites (tertiary alicyclic amines) is 1. The second-order valence-corrected chi connectivity index (χ2v) is 6.80. The van der Waals surface area contributed by atoms with Crippen molar-refractivity contribution in [2.45, 2.75) is 52.4 Å². The Morgan fingerprint density at radius 1 is 1.17 bits per heavy atom. The van der Waals surface area contributed by atoms with Crippen LogP contribution in [0.25, 0.3) is 0 Å². The van der Waals surface area contributed by atoms with Crippen molar-refractivity contribution >= 4 is 11.9 Å². The molecule has 24 heavy (non-hydrogen) atoms. The molecule has 4 nitrogen and oxygen atoms in total. The van der Waals surface area contributed by atoms with Gasteiger partial charge in [0.25, 0.3) is 0 Å². The summed E-state index contributed by atoms with van der Waals surface area (Å²) in [7, 11) is 0. The van der Waals surface area contributed by atoms with Gasteiger partial charge in [-0.15, -0.1) is 0 Å². The highest BCUT2D eigenvalue weighted by Gasteiger charge is 2.27. The molecule has 1 aromatic carbocycles. The number of hydrogen-bond acceptors (Lipinski definition) is 3. The molecule has 0 N–H and O–H groups in total. The van der Waals surface area contributed by atoms with Crippen LogP contribution >= 0.6 is 0 Å². The first-order valence-corrected chi connectivity index (χ1v) is 9.04. The van der Waals surface area contributed by atoms with E-state index >= 15 is 0 Å². The quantitative estimate of drug-likeness (QED) is 0.749. The summed E-state index contributed by atoms with van der Waals surface area (Å²) in [4.78, 5) is 26.0. The van der Waals surface area contributed by atoms with Gasteiger partial charge in [0.05, 0.1) is 12.5 Å². The second kappa shape index (κ2) is 8.86. The largest absolute Gasteiger partial charge is 0.466 e. The maximum absolute atomic E-state index is 12.4. The highest BCUT2D eigenvalue weighted by Crippen LogP contribution is 2.20. The van der Waals surface area contributed by atoms with Crippen LogP contribution in [-0.4, -0.2) is 36.5 Å². The van der Waals surface area contributed by atoms with Crippen LogP contribution in [-0.2, 0) is 20.7 Å². The molecule has 0 aliphatic carbocycles. The number of hydrogen-bond donors (Lipinski definition) is 0. The molecule has 2 rings (SSSR count). The van der Waals surface area contributed by atoms with Gasteiger partial charge in [0.15, 0.2) is 0 Å². The second-order valence-electron chi connectivity index (χ2n) is 6.80. The average molecular weight is 331 g/mol. The van der Waals surface area contributed by atoms with Gasteiger partial charge in [-0.1, -0.05) is 38.1 Å². The molecule has 1 heterocycles. The summed E-state index contributed by atoms with van der Waals surface area (Å²) in [5, 5.41) is 0. The van der Waals surface area contributed by atoms with E-state index in [0.29, 0.717) is 44.9 Å². The molecule has 1 amide bonds. The molecule has 0 unspecified atom stereocenters. The van der Waals surface area contributed by atoms with E-state index < -0.39 is 0 Å². The van der Waals surface area contributed by atoms with Crippen molar-refractivity contribution in [1.29, 1.82) is 0 Å². The van der Waals surface area contributed by atoms with E-state index in [4.69, 9.17) is 4.74 Å². The molecule has 1 fully saturated rings. The third-order valence-electron chi connectivity index (χ3n) is 4.74. The van der Waals surface area contributed by atoms with Gasteiger partial charge in [-0.2, -0.15) is 0 Å². The lowest BCUT2D eigenvalue weighted by Crippen LogP contribution is -2.40. The summed E-state index contributed by atoms with van der Waals surface area (Å²) in [6, 6.07) is 8.54. The van der Waals surface area contributed by atoms with E-state index in [-0.39, 0.29) is 17.8 Å². The average Bonchev–Trinajstić information content (AvgIpc) is 2.60. The summed E-state index contributed by atoms with van der Waals surface area (Å²) in [6.07, 6.45) is 2.74. The van der Waals surface area contributed by atoms with Crippen molar-refractivity contribution in [3.8, 4) is 0 Å². The van der Waals surface area contributed by atoms with E-state index in [2.05, 4.69) is 38.1 Å². The molecule has 4 heteroatoms. The topological polar surface area (TPSA) is 46.6 Å². The number of carbonyl (C=O) groups excluding carboxylic acids is 2. The number of nitrogens with zero attached hydrogens (tertiary/aromatic N) is 1. The molecule has 0 spiro atoms. The Bertz CT molecular complexity index is 543. The number of benzene rings is 1. The van der Waals surface area contributed by atoms with E-state index in [1.807, 2.05) is 11.8 Å². The van der Waals surface area contributed by atoms with Crippen LogP contribution in [0.3, 0.4) is 0 Å². The van der Waals surface area contributed by atoms with Gasteiger partial charge in [0.2, 0.25) is 5.91 Å². The number of aryl methyl sites for hydroxylation is 1. The zero-order valence-electron chi connectivity index (χ0n) is 15.1. The molecule has 1 aromatic rings. The molecule has 1 saturated heterocycles. The van der Waals surface area contributed by atoms with Crippen LogP contribution in [0.1, 0.15) is 57.1 Å². The third kappa shape index (κ3) is 5.08. The molecule has 0 aromatic heterocycles. The SMILES string of the molecule is CCOC(=O)C1CCN(C(=O)CCc2ccc(C(C)C)cc2)CC1. The van der Waals surface area contributed by atoms with Crippen LogP contribution in [0.4, 0.5) is 0 Å². The number of rotatable bonds is 6. The molecule has 1 aliphatic heterocycles. The number of ether oxygens (including phenoxy) is 1. The van der Waals surface area contributed by atoms with E-state index in [0.717, 1.165) is 6.42 Å². The maximum Gasteiger partial charge on any atom is 0.309 e. The number of esters is 1. The van der Waals surface area contributed by atoms with Gasteiger partial charge in [-0.3, -0.25) is 9.59 Å². The fourth-order valence-electron chi connectivity index (χ4n) is 3.10. The van der Waals surface area contributed by atoms with Gasteiger partial charge in [-0.25, -0.2) is 0 Å². The highest BCUT2D eigenvalue weighted by atomic mass is 16.5. The third-order valence-corrected chi connectivity index (χ3v) is 4.74. The Morgan fingerprint density at radius 2 is 1.79 bits per heavy atom. The number of amides is 1. The van der Waals surface area contributed by atoms with Gasteiger partial charge in [-0.05, 0) is 43.2 Å². The first-order chi connectivity index (χ1) is 11.5. The van der Waals surface area contributed by atoms with Crippen molar-refractivity contribution in [3.63, 3.8) is 0 Å². The standard InChI is InChI=1S/C20H29NO3/c1-4-24-20(23)18-11-13-21(14-12-18)19(22)10-7-16-5-8-17(9-6-16)15(2)3/h5-6,8-9,15,18H,4,7,10-14H2,1-3H3. The summed E-state index contributed by atoms with van der Waals surface area (Å²) >= 11 is 0. The first-order valence-electron chi connectivity index (χ1n) is 9.04. The summed E-state index contributed by atoms with van der Waals surface area (Å²) < 4.78 is 5.07. The Kier molecular flexibility index (Phi) is 6.83. The van der Waals surface area contributed by atoms with Crippen molar-refractivity contribution in [2.24, 2.45) is 5.92 Å². The van der Waals surface area contributed by atoms with Crippen molar-refractivity contribution in [3.05, 3.63) is 35.4 Å². The fourth-order valence-corrected chi connectivity index (χ4v) is 3.10. The molecule has 0 radical (unpaired) electrons. The van der Waals surface area contributed by atoms with Crippen LogP contribution in [0.5, 0.6) is 0 Å². The smallest absolute Gasteiger partial charge is 0.309 e. The Balaban J connectivity index is 1.76. The van der Waals surface area contributed by atoms with Crippen molar-refractivity contribution in [2.75, 3.05) is 19.7 Å². The monoisotopic (exact) mass is 331 g/mol. The zero-order chi connectivity index (χ0) is 17.5. The normalized spacial score (nSPS) is 15.6. The summed E-state index contributed by atoms with van der Waals surface area (Å²) in [5.74, 6) is 0.555. The maximum atomic E-state index is 12.4. The van der Waals surface area contributed by atoms with Crippen LogP contribution < -0.4 is 0 Å². The minimum atomic E-state index is -0.116. The first kappa shape index (κ1) is 18.5. The van der Waals surface area contributed by atoms with E-state index in [9.17, 15) is 9.59 Å². The van der Waals surface area contributed by atoms with Crippen LogP contribution in [0.2, 0.25) is 0 Å². The van der Waals surface area contributed by atoms with Crippen molar-refractivity contribution in [1.82, 2.24) is 4.90 Å². The predicted octanol–water partition coefficient (Wildman–Crippen LogP) is 3.54. The zero-order valence-corrected chi connectivity index (χ0v) is 15.1. The number of carbonyl (C=O) groups is 2. The molecule has 1 aliphatic rings. The summed E-state index contributed by atoms with van der Waals surface area (Å²) in [6.45, 7) is 7.93. The fraction of sp³-hybridized carbons (Fsp3) is 0.600. The molecule has 0 bridgehead atoms. The lowest BCUT2D eigenvalue weighted by atomic mass is 9.96. The Hall–Kier alpha value is -1.84. The predicted molar refractivity (Wildman–Crippen MR) is 94.8 cm³/mol. The van der Waals surface area contributed by atoms with Gasteiger partial charge in [0.1, 0.15) is 0 Å². The van der Waals surface area contributed by atoms with E-state index in [1.165, 1.54) is 11.1 Å². The number of piperidine rings is 1.